The zero-order valence-electron chi connectivity index (χ0n) is 13.5. The van der Waals surface area contributed by atoms with Gasteiger partial charge in [-0.05, 0) is 55.5 Å². The molecular weight excluding hydrogens is 345 g/mol. The third kappa shape index (κ3) is 4.17. The van der Waals surface area contributed by atoms with Crippen LogP contribution in [-0.4, -0.2) is 29.6 Å². The van der Waals surface area contributed by atoms with Gasteiger partial charge in [0.1, 0.15) is 11.6 Å². The van der Waals surface area contributed by atoms with E-state index in [0.29, 0.717) is 5.56 Å². The molecule has 1 aliphatic carbocycles. The summed E-state index contributed by atoms with van der Waals surface area (Å²) in [5.41, 5.74) is 1.71. The Morgan fingerprint density at radius 3 is 2.68 bits per heavy atom. The Morgan fingerprint density at radius 2 is 1.96 bits per heavy atom. The van der Waals surface area contributed by atoms with Gasteiger partial charge in [0.2, 0.25) is 6.10 Å². The molecule has 1 aromatic heterocycles. The molecule has 0 fully saturated rings. The Morgan fingerprint density at radius 1 is 1.24 bits per heavy atom. The minimum atomic E-state index is -1.25. The zero-order valence-corrected chi connectivity index (χ0v) is 14.3. The number of carbonyl (C=O) groups is 2. The molecule has 3 rings (SSSR count). The lowest BCUT2D eigenvalue weighted by Crippen LogP contribution is -2.40. The molecule has 25 heavy (non-hydrogen) atoms. The molecule has 1 heterocycles. The van der Waals surface area contributed by atoms with Crippen molar-refractivity contribution in [2.24, 2.45) is 0 Å². The van der Waals surface area contributed by atoms with Crippen LogP contribution >= 0.6 is 11.3 Å². The quantitative estimate of drug-likeness (QED) is 0.827. The van der Waals surface area contributed by atoms with E-state index >= 15 is 0 Å². The minimum absolute atomic E-state index is 0.170. The summed E-state index contributed by atoms with van der Waals surface area (Å²) in [6.07, 6.45) is 2.84. The fourth-order valence-electron chi connectivity index (χ4n) is 2.82. The molecule has 1 unspecified atom stereocenters. The number of aryl methyl sites for hydroxylation is 1. The van der Waals surface area contributed by atoms with Crippen LogP contribution in [0, 0.1) is 5.82 Å². The first-order valence-electron chi connectivity index (χ1n) is 8.07. The summed E-state index contributed by atoms with van der Waals surface area (Å²) in [5, 5.41) is 13.7. The molecule has 1 amide bonds. The summed E-state index contributed by atoms with van der Waals surface area (Å²) in [4.78, 5) is 25.0. The van der Waals surface area contributed by atoms with Crippen LogP contribution < -0.4 is 10.1 Å². The third-order valence-electron chi connectivity index (χ3n) is 4.12. The average molecular weight is 363 g/mol. The van der Waals surface area contributed by atoms with E-state index in [0.717, 1.165) is 31.2 Å². The van der Waals surface area contributed by atoms with E-state index in [4.69, 9.17) is 4.74 Å². The number of amides is 1. The first-order chi connectivity index (χ1) is 12.0. The largest absolute Gasteiger partial charge is 0.478 e. The summed E-state index contributed by atoms with van der Waals surface area (Å²) in [6, 6.07) is 5.07. The molecule has 0 saturated heterocycles. The summed E-state index contributed by atoms with van der Waals surface area (Å²) in [6.45, 7) is -0.170. The minimum Gasteiger partial charge on any atom is -0.478 e. The molecule has 1 atom stereocenters. The molecule has 2 N–H and O–H groups in total. The number of rotatable bonds is 6. The van der Waals surface area contributed by atoms with Crippen LogP contribution in [0.15, 0.2) is 29.6 Å². The van der Waals surface area contributed by atoms with E-state index in [1.165, 1.54) is 29.1 Å². The molecule has 7 heteroatoms. The Labute approximate surface area is 148 Å². The van der Waals surface area contributed by atoms with Crippen molar-refractivity contribution in [1.82, 2.24) is 5.32 Å². The van der Waals surface area contributed by atoms with Crippen molar-refractivity contribution in [2.45, 2.75) is 31.8 Å². The predicted molar refractivity (Wildman–Crippen MR) is 91.7 cm³/mol. The van der Waals surface area contributed by atoms with Crippen molar-refractivity contribution in [1.29, 1.82) is 0 Å². The van der Waals surface area contributed by atoms with E-state index in [-0.39, 0.29) is 18.2 Å². The number of halogens is 1. The van der Waals surface area contributed by atoms with E-state index in [1.807, 2.05) is 5.38 Å². The maximum atomic E-state index is 12.9. The van der Waals surface area contributed by atoms with Gasteiger partial charge in [0, 0.05) is 10.3 Å². The molecule has 1 aliphatic rings. The van der Waals surface area contributed by atoms with Gasteiger partial charge in [-0.15, -0.1) is 11.3 Å². The fraction of sp³-hybridized carbons (Fsp3) is 0.333. The van der Waals surface area contributed by atoms with Crippen LogP contribution in [0.4, 0.5) is 4.39 Å². The monoisotopic (exact) mass is 363 g/mol. The highest BCUT2D eigenvalue weighted by molar-refractivity contribution is 7.10. The first kappa shape index (κ1) is 17.4. The number of nitrogens with one attached hydrogen (secondary N) is 1. The second kappa shape index (κ2) is 7.65. The van der Waals surface area contributed by atoms with Gasteiger partial charge in [-0.1, -0.05) is 0 Å². The van der Waals surface area contributed by atoms with Crippen LogP contribution in [-0.2, 0) is 17.6 Å². The number of carboxylic acid groups (broad SMARTS) is 1. The van der Waals surface area contributed by atoms with Crippen LogP contribution in [0.1, 0.15) is 33.6 Å². The maximum absolute atomic E-state index is 12.9. The highest BCUT2D eigenvalue weighted by Gasteiger charge is 2.24. The molecule has 0 spiro atoms. The third-order valence-corrected chi connectivity index (χ3v) is 5.21. The van der Waals surface area contributed by atoms with Crippen LogP contribution in [0.3, 0.4) is 0 Å². The van der Waals surface area contributed by atoms with E-state index < -0.39 is 17.9 Å². The van der Waals surface area contributed by atoms with E-state index in [9.17, 15) is 19.1 Å². The second-order valence-electron chi connectivity index (χ2n) is 5.87. The van der Waals surface area contributed by atoms with Crippen LogP contribution in [0.25, 0.3) is 0 Å². The van der Waals surface area contributed by atoms with Gasteiger partial charge in [0.25, 0.3) is 5.91 Å². The lowest BCUT2D eigenvalue weighted by molar-refractivity contribution is -0.144. The van der Waals surface area contributed by atoms with Crippen LogP contribution in [0.2, 0.25) is 0 Å². The highest BCUT2D eigenvalue weighted by atomic mass is 32.1. The van der Waals surface area contributed by atoms with Crippen molar-refractivity contribution in [2.75, 3.05) is 6.54 Å². The predicted octanol–water partition coefficient (Wildman–Crippen LogP) is 3.03. The maximum Gasteiger partial charge on any atom is 0.346 e. The molecular formula is C18H18FNO4S. The highest BCUT2D eigenvalue weighted by Crippen LogP contribution is 2.30. The number of fused-ring (bicyclic) bond motifs is 1. The van der Waals surface area contributed by atoms with E-state index in [1.54, 1.807) is 11.3 Å². The van der Waals surface area contributed by atoms with Crippen molar-refractivity contribution in [3.05, 3.63) is 51.5 Å². The fourth-order valence-corrected chi connectivity index (χ4v) is 3.95. The Balaban J connectivity index is 1.63. The van der Waals surface area contributed by atoms with Crippen LogP contribution in [0.5, 0.6) is 5.75 Å². The van der Waals surface area contributed by atoms with Crippen molar-refractivity contribution < 1.29 is 23.8 Å². The standard InChI is InChI=1S/C18H18FNO4S/c19-11-5-7-12(8-6-11)24-15(18(22)23)9-20-17(21)14-10-25-16-4-2-1-3-13(14)16/h5-8,10,15H,1-4,9H2,(H,20,21)(H,22,23). The molecule has 5 nitrogen and oxygen atoms in total. The Bertz CT molecular complexity index is 772. The number of carbonyl (C=O) groups excluding carboxylic acids is 1. The van der Waals surface area contributed by atoms with Gasteiger partial charge in [0.15, 0.2) is 0 Å². The molecule has 0 aliphatic heterocycles. The summed E-state index contributed by atoms with van der Waals surface area (Å²) in [7, 11) is 0. The van der Waals surface area contributed by atoms with Crippen molar-refractivity contribution in [3.8, 4) is 5.75 Å². The lowest BCUT2D eigenvalue weighted by Gasteiger charge is -2.17. The number of hydrogen-bond acceptors (Lipinski definition) is 4. The number of thiophene rings is 1. The van der Waals surface area contributed by atoms with Crippen molar-refractivity contribution in [3.63, 3.8) is 0 Å². The van der Waals surface area contributed by atoms with Gasteiger partial charge in [-0.25, -0.2) is 9.18 Å². The second-order valence-corrected chi connectivity index (χ2v) is 6.83. The van der Waals surface area contributed by atoms with Gasteiger partial charge >= 0.3 is 5.97 Å². The topological polar surface area (TPSA) is 75.6 Å². The van der Waals surface area contributed by atoms with Gasteiger partial charge in [-0.3, -0.25) is 4.79 Å². The SMILES string of the molecule is O=C(NCC(Oc1ccc(F)cc1)C(=O)O)c1csc2c1CCCC2. The normalized spacial score (nSPS) is 14.4. The number of ether oxygens (including phenoxy) is 1. The van der Waals surface area contributed by atoms with Gasteiger partial charge < -0.3 is 15.2 Å². The number of hydrogen-bond donors (Lipinski definition) is 2. The van der Waals surface area contributed by atoms with E-state index in [2.05, 4.69) is 5.32 Å². The number of carboxylic acids is 1. The summed E-state index contributed by atoms with van der Waals surface area (Å²) in [5.74, 6) is -1.68. The molecule has 132 valence electrons. The molecule has 0 saturated carbocycles. The molecule has 0 radical (unpaired) electrons. The number of aliphatic carboxylic acids is 1. The molecule has 0 bridgehead atoms. The lowest BCUT2D eigenvalue weighted by atomic mass is 9.95. The Hall–Kier alpha value is -2.41. The zero-order chi connectivity index (χ0) is 17.8. The van der Waals surface area contributed by atoms with Gasteiger partial charge in [-0.2, -0.15) is 0 Å². The smallest absolute Gasteiger partial charge is 0.346 e. The average Bonchev–Trinajstić information content (AvgIpc) is 3.04. The molecule has 2 aromatic rings. The summed E-state index contributed by atoms with van der Waals surface area (Å²) >= 11 is 1.58. The van der Waals surface area contributed by atoms with Gasteiger partial charge in [0.05, 0.1) is 12.1 Å². The molecule has 1 aromatic carbocycles. The summed E-state index contributed by atoms with van der Waals surface area (Å²) < 4.78 is 18.2. The number of benzene rings is 1. The Kier molecular flexibility index (Phi) is 5.33. The van der Waals surface area contributed by atoms with Crippen molar-refractivity contribution >= 4 is 23.2 Å². The first-order valence-corrected chi connectivity index (χ1v) is 8.95.